The minimum atomic E-state index is -3.89. The van der Waals surface area contributed by atoms with E-state index in [0.717, 1.165) is 41.8 Å². The molecule has 0 saturated heterocycles. The Balaban J connectivity index is 1.76. The number of sulfonamides is 1. The highest BCUT2D eigenvalue weighted by atomic mass is 35.5. The highest BCUT2D eigenvalue weighted by Crippen LogP contribution is 2.28. The Bertz CT molecular complexity index is 1530. The van der Waals surface area contributed by atoms with Crippen LogP contribution >= 0.6 is 34.8 Å². The summed E-state index contributed by atoms with van der Waals surface area (Å²) in [5.41, 5.74) is 2.36. The Kier molecular flexibility index (Phi) is 10.8. The van der Waals surface area contributed by atoms with Crippen LogP contribution in [0.4, 0.5) is 5.69 Å². The van der Waals surface area contributed by atoms with Gasteiger partial charge >= 0.3 is 0 Å². The standard InChI is InChI=1S/C31H34Cl3N3O4S/c1-21-16-24(32)14-15-28(21)37(42(2,40)41)20-30(38)36(19-23-12-13-25(33)18-27(23)34)29(17-22-8-4-3-5-9-22)31(39)35-26-10-6-7-11-26/h3-5,8-9,12-16,18,26,29H,6-7,10-11,17,19-20H2,1-2H3,(H,35,39)/t29-/m0/s1. The molecule has 224 valence electrons. The molecule has 7 nitrogen and oxygen atoms in total. The fourth-order valence-corrected chi connectivity index (χ4v) is 6.85. The van der Waals surface area contributed by atoms with Crippen LogP contribution in [0.1, 0.15) is 42.4 Å². The summed E-state index contributed by atoms with van der Waals surface area (Å²) in [5.74, 6) is -0.846. The number of rotatable bonds is 11. The van der Waals surface area contributed by atoms with Gasteiger partial charge in [-0.2, -0.15) is 0 Å². The van der Waals surface area contributed by atoms with E-state index in [4.69, 9.17) is 34.8 Å². The molecule has 0 spiro atoms. The molecule has 4 rings (SSSR count). The quantitative estimate of drug-likeness (QED) is 0.260. The van der Waals surface area contributed by atoms with E-state index in [1.54, 1.807) is 43.3 Å². The predicted molar refractivity (Wildman–Crippen MR) is 170 cm³/mol. The normalized spacial score (nSPS) is 14.4. The average Bonchev–Trinajstić information content (AvgIpc) is 3.43. The average molecular weight is 651 g/mol. The van der Waals surface area contributed by atoms with Crippen molar-refractivity contribution < 1.29 is 18.0 Å². The van der Waals surface area contributed by atoms with Gasteiger partial charge in [-0.05, 0) is 66.8 Å². The van der Waals surface area contributed by atoms with Crippen LogP contribution in [0, 0.1) is 6.92 Å². The highest BCUT2D eigenvalue weighted by Gasteiger charge is 2.34. The monoisotopic (exact) mass is 649 g/mol. The number of anilines is 1. The Labute approximate surface area is 262 Å². The molecule has 0 bridgehead atoms. The molecule has 1 atom stereocenters. The van der Waals surface area contributed by atoms with Crippen molar-refractivity contribution in [3.8, 4) is 0 Å². The maximum absolute atomic E-state index is 14.3. The van der Waals surface area contributed by atoms with E-state index in [-0.39, 0.29) is 24.9 Å². The van der Waals surface area contributed by atoms with E-state index in [0.29, 0.717) is 31.9 Å². The Hall–Kier alpha value is -2.78. The van der Waals surface area contributed by atoms with Crippen molar-refractivity contribution in [2.75, 3.05) is 17.1 Å². The molecular formula is C31H34Cl3N3O4S. The van der Waals surface area contributed by atoms with Crippen LogP contribution in [0.5, 0.6) is 0 Å². The zero-order valence-electron chi connectivity index (χ0n) is 23.5. The first kappa shape index (κ1) is 32.1. The summed E-state index contributed by atoms with van der Waals surface area (Å²) in [6.45, 7) is 1.18. The Morgan fingerprint density at radius 3 is 2.21 bits per heavy atom. The summed E-state index contributed by atoms with van der Waals surface area (Å²) < 4.78 is 27.1. The van der Waals surface area contributed by atoms with Gasteiger partial charge in [0, 0.05) is 34.1 Å². The third kappa shape index (κ3) is 8.40. The van der Waals surface area contributed by atoms with Crippen molar-refractivity contribution in [1.29, 1.82) is 0 Å². The first-order valence-corrected chi connectivity index (χ1v) is 16.7. The third-order valence-electron chi connectivity index (χ3n) is 7.44. The molecule has 1 fully saturated rings. The fourth-order valence-electron chi connectivity index (χ4n) is 5.25. The maximum Gasteiger partial charge on any atom is 0.244 e. The topological polar surface area (TPSA) is 86.8 Å². The first-order chi connectivity index (χ1) is 19.9. The largest absolute Gasteiger partial charge is 0.352 e. The molecule has 1 saturated carbocycles. The molecule has 2 amide bonds. The SMILES string of the molecule is Cc1cc(Cl)ccc1N(CC(=O)N(Cc1ccc(Cl)cc1Cl)[C@@H](Cc1ccccc1)C(=O)NC1CCCC1)S(C)(=O)=O. The number of carbonyl (C=O) groups is 2. The summed E-state index contributed by atoms with van der Waals surface area (Å²) in [7, 11) is -3.89. The molecule has 3 aromatic carbocycles. The minimum absolute atomic E-state index is 0.0241. The van der Waals surface area contributed by atoms with Crippen LogP contribution < -0.4 is 9.62 Å². The second-order valence-electron chi connectivity index (χ2n) is 10.7. The predicted octanol–water partition coefficient (Wildman–Crippen LogP) is 6.42. The van der Waals surface area contributed by atoms with Gasteiger partial charge in [0.1, 0.15) is 12.6 Å². The van der Waals surface area contributed by atoms with Crippen molar-refractivity contribution in [3.63, 3.8) is 0 Å². The lowest BCUT2D eigenvalue weighted by atomic mass is 10.0. The molecule has 11 heteroatoms. The van der Waals surface area contributed by atoms with E-state index < -0.39 is 28.5 Å². The molecule has 1 aliphatic rings. The third-order valence-corrected chi connectivity index (χ3v) is 9.38. The highest BCUT2D eigenvalue weighted by molar-refractivity contribution is 7.92. The minimum Gasteiger partial charge on any atom is -0.352 e. The van der Waals surface area contributed by atoms with E-state index >= 15 is 0 Å². The van der Waals surface area contributed by atoms with Gasteiger partial charge in [0.15, 0.2) is 0 Å². The molecule has 3 aromatic rings. The van der Waals surface area contributed by atoms with Gasteiger partial charge in [-0.1, -0.05) is 84.0 Å². The maximum atomic E-state index is 14.3. The van der Waals surface area contributed by atoms with Crippen molar-refractivity contribution in [2.24, 2.45) is 0 Å². The van der Waals surface area contributed by atoms with E-state index in [1.165, 1.54) is 4.90 Å². The molecule has 0 aliphatic heterocycles. The fraction of sp³-hybridized carbons (Fsp3) is 0.355. The number of hydrogen-bond donors (Lipinski definition) is 1. The van der Waals surface area contributed by atoms with Gasteiger partial charge in [-0.25, -0.2) is 8.42 Å². The van der Waals surface area contributed by atoms with Crippen LogP contribution in [0.25, 0.3) is 0 Å². The summed E-state index contributed by atoms with van der Waals surface area (Å²) >= 11 is 18.8. The van der Waals surface area contributed by atoms with Gasteiger partial charge in [0.2, 0.25) is 21.8 Å². The zero-order valence-corrected chi connectivity index (χ0v) is 26.6. The number of hydrogen-bond acceptors (Lipinski definition) is 4. The van der Waals surface area contributed by atoms with Gasteiger partial charge in [0.25, 0.3) is 0 Å². The molecule has 0 radical (unpaired) electrons. The van der Waals surface area contributed by atoms with E-state index in [2.05, 4.69) is 5.32 Å². The number of carbonyl (C=O) groups excluding carboxylic acids is 2. The van der Waals surface area contributed by atoms with Crippen molar-refractivity contribution in [2.45, 2.75) is 57.7 Å². The lowest BCUT2D eigenvalue weighted by molar-refractivity contribution is -0.140. The number of halogens is 3. The second-order valence-corrected chi connectivity index (χ2v) is 13.8. The number of aryl methyl sites for hydroxylation is 1. The number of nitrogens with zero attached hydrogens (tertiary/aromatic N) is 2. The lowest BCUT2D eigenvalue weighted by Crippen LogP contribution is -2.54. The van der Waals surface area contributed by atoms with E-state index in [9.17, 15) is 18.0 Å². The number of amides is 2. The van der Waals surface area contributed by atoms with Gasteiger partial charge in [-0.3, -0.25) is 13.9 Å². The first-order valence-electron chi connectivity index (χ1n) is 13.7. The van der Waals surface area contributed by atoms with Gasteiger partial charge in [0.05, 0.1) is 11.9 Å². The van der Waals surface area contributed by atoms with Crippen molar-refractivity contribution in [3.05, 3.63) is 98.5 Å². The van der Waals surface area contributed by atoms with Crippen LogP contribution in [0.3, 0.4) is 0 Å². The van der Waals surface area contributed by atoms with Gasteiger partial charge < -0.3 is 10.2 Å². The second kappa shape index (κ2) is 14.1. The summed E-state index contributed by atoms with van der Waals surface area (Å²) in [6.07, 6.45) is 5.08. The molecule has 0 aromatic heterocycles. The van der Waals surface area contributed by atoms with Crippen molar-refractivity contribution in [1.82, 2.24) is 10.2 Å². The number of nitrogens with one attached hydrogen (secondary N) is 1. The molecule has 1 aliphatic carbocycles. The smallest absolute Gasteiger partial charge is 0.244 e. The van der Waals surface area contributed by atoms with Crippen LogP contribution in [0.15, 0.2) is 66.7 Å². The summed E-state index contributed by atoms with van der Waals surface area (Å²) in [4.78, 5) is 29.6. The zero-order chi connectivity index (χ0) is 30.4. The summed E-state index contributed by atoms with van der Waals surface area (Å²) in [5, 5.41) is 4.36. The molecule has 0 unspecified atom stereocenters. The van der Waals surface area contributed by atoms with E-state index in [1.807, 2.05) is 30.3 Å². The molecule has 0 heterocycles. The molecule has 42 heavy (non-hydrogen) atoms. The van der Waals surface area contributed by atoms with Crippen molar-refractivity contribution >= 4 is 62.3 Å². The Morgan fingerprint density at radius 2 is 1.60 bits per heavy atom. The molecular weight excluding hydrogens is 617 g/mol. The van der Waals surface area contributed by atoms with Crippen LogP contribution in [-0.2, 0) is 32.6 Å². The Morgan fingerprint density at radius 1 is 0.952 bits per heavy atom. The molecule has 1 N–H and O–H groups in total. The summed E-state index contributed by atoms with van der Waals surface area (Å²) in [6, 6.07) is 18.2. The van der Waals surface area contributed by atoms with Crippen LogP contribution in [-0.4, -0.2) is 50.0 Å². The lowest BCUT2D eigenvalue weighted by Gasteiger charge is -2.34. The van der Waals surface area contributed by atoms with Gasteiger partial charge in [-0.15, -0.1) is 0 Å². The van der Waals surface area contributed by atoms with Crippen LogP contribution in [0.2, 0.25) is 15.1 Å². The number of benzene rings is 3.